The summed E-state index contributed by atoms with van der Waals surface area (Å²) in [4.78, 5) is 17.7. The molecule has 4 nitrogen and oxygen atoms in total. The molecule has 1 N–H and O–H groups in total. The van der Waals surface area contributed by atoms with Crippen LogP contribution in [0.15, 0.2) is 24.3 Å². The molecule has 24 heavy (non-hydrogen) atoms. The van der Waals surface area contributed by atoms with Crippen LogP contribution in [0.1, 0.15) is 50.3 Å². The summed E-state index contributed by atoms with van der Waals surface area (Å²) in [7, 11) is 0. The van der Waals surface area contributed by atoms with E-state index >= 15 is 0 Å². The highest BCUT2D eigenvalue weighted by atomic mass is 16.2. The number of nitrogens with one attached hydrogen (secondary N) is 1. The van der Waals surface area contributed by atoms with E-state index in [-0.39, 0.29) is 6.04 Å². The average molecular weight is 329 g/mol. The van der Waals surface area contributed by atoms with E-state index in [1.807, 2.05) is 0 Å². The molecule has 132 valence electrons. The molecule has 2 aliphatic rings. The predicted molar refractivity (Wildman–Crippen MR) is 98.0 cm³/mol. The van der Waals surface area contributed by atoms with Crippen molar-refractivity contribution in [3.63, 3.8) is 0 Å². The Bertz CT molecular complexity index is 536. The number of nitrogens with zero attached hydrogens (tertiary/aromatic N) is 2. The van der Waals surface area contributed by atoms with Crippen LogP contribution in [-0.4, -0.2) is 54.5 Å². The summed E-state index contributed by atoms with van der Waals surface area (Å²) in [6, 6.07) is 9.06. The Kier molecular flexibility index (Phi) is 5.90. The van der Waals surface area contributed by atoms with Gasteiger partial charge in [-0.05, 0) is 36.8 Å². The molecular formula is C20H31N3O. The maximum absolute atomic E-state index is 13.3. The number of carbonyl (C=O) groups excluding carboxylic acids is 1. The van der Waals surface area contributed by atoms with Gasteiger partial charge in [-0.3, -0.25) is 9.69 Å². The van der Waals surface area contributed by atoms with Gasteiger partial charge in [-0.25, -0.2) is 0 Å². The molecule has 1 amide bonds. The first-order valence-electron chi connectivity index (χ1n) is 9.58. The molecule has 2 fully saturated rings. The Morgan fingerprint density at radius 2 is 1.88 bits per heavy atom. The molecule has 2 unspecified atom stereocenters. The van der Waals surface area contributed by atoms with E-state index in [1.54, 1.807) is 0 Å². The molecule has 3 rings (SSSR count). The summed E-state index contributed by atoms with van der Waals surface area (Å²) in [5.74, 6) is 0.300. The third-order valence-corrected chi connectivity index (χ3v) is 5.50. The lowest BCUT2D eigenvalue weighted by Crippen LogP contribution is -2.54. The molecule has 0 radical (unpaired) electrons. The fourth-order valence-electron chi connectivity index (χ4n) is 3.91. The Hall–Kier alpha value is -1.39. The monoisotopic (exact) mass is 329 g/mol. The van der Waals surface area contributed by atoms with Gasteiger partial charge < -0.3 is 10.2 Å². The number of likely N-dealkylation sites (tertiary alicyclic amines) is 1. The fourth-order valence-corrected chi connectivity index (χ4v) is 3.91. The maximum atomic E-state index is 13.3. The Morgan fingerprint density at radius 1 is 1.17 bits per heavy atom. The van der Waals surface area contributed by atoms with Crippen LogP contribution in [0, 0.1) is 0 Å². The third-order valence-electron chi connectivity index (χ3n) is 5.50. The standard InChI is InChI=1S/C20H31N3O/c1-3-16-7-9-17(10-8-16)19(20(24)22-12-5-6-13-22)23-14-11-21-18(4-2)15-23/h7-10,18-19,21H,3-6,11-15H2,1-2H3. The van der Waals surface area contributed by atoms with Crippen LogP contribution in [0.4, 0.5) is 0 Å². The van der Waals surface area contributed by atoms with E-state index in [2.05, 4.69) is 53.2 Å². The van der Waals surface area contributed by atoms with Gasteiger partial charge in [0.15, 0.2) is 0 Å². The van der Waals surface area contributed by atoms with Crippen molar-refractivity contribution >= 4 is 5.91 Å². The zero-order chi connectivity index (χ0) is 16.9. The lowest BCUT2D eigenvalue weighted by Gasteiger charge is -2.39. The second-order valence-corrected chi connectivity index (χ2v) is 7.08. The second kappa shape index (κ2) is 8.13. The third kappa shape index (κ3) is 3.81. The van der Waals surface area contributed by atoms with Crippen LogP contribution < -0.4 is 5.32 Å². The number of carbonyl (C=O) groups is 1. The summed E-state index contributed by atoms with van der Waals surface area (Å²) in [5, 5.41) is 3.57. The first kappa shape index (κ1) is 17.4. The summed E-state index contributed by atoms with van der Waals surface area (Å²) in [6.07, 6.45) is 4.44. The molecule has 2 atom stereocenters. The fraction of sp³-hybridized carbons (Fsp3) is 0.650. The minimum atomic E-state index is -0.120. The zero-order valence-electron chi connectivity index (χ0n) is 15.1. The Balaban J connectivity index is 1.85. The molecule has 0 saturated carbocycles. The molecule has 0 bridgehead atoms. The van der Waals surface area contributed by atoms with Crippen molar-refractivity contribution in [2.45, 2.75) is 51.6 Å². The van der Waals surface area contributed by atoms with E-state index in [9.17, 15) is 4.79 Å². The van der Waals surface area contributed by atoms with Crippen LogP contribution in [0.3, 0.4) is 0 Å². The minimum absolute atomic E-state index is 0.120. The van der Waals surface area contributed by atoms with E-state index in [0.717, 1.165) is 64.0 Å². The van der Waals surface area contributed by atoms with E-state index in [4.69, 9.17) is 0 Å². The number of hydrogen-bond donors (Lipinski definition) is 1. The largest absolute Gasteiger partial charge is 0.341 e. The first-order valence-corrected chi connectivity index (χ1v) is 9.58. The molecular weight excluding hydrogens is 298 g/mol. The molecule has 1 aromatic carbocycles. The lowest BCUT2D eigenvalue weighted by atomic mass is 9.99. The minimum Gasteiger partial charge on any atom is -0.341 e. The molecule has 1 aromatic rings. The van der Waals surface area contributed by atoms with Crippen molar-refractivity contribution in [3.05, 3.63) is 35.4 Å². The second-order valence-electron chi connectivity index (χ2n) is 7.08. The zero-order valence-corrected chi connectivity index (χ0v) is 15.1. The number of hydrogen-bond acceptors (Lipinski definition) is 3. The van der Waals surface area contributed by atoms with Crippen LogP contribution >= 0.6 is 0 Å². The van der Waals surface area contributed by atoms with Gasteiger partial charge in [0.2, 0.25) is 5.91 Å². The van der Waals surface area contributed by atoms with Gasteiger partial charge in [-0.2, -0.15) is 0 Å². The number of piperazine rings is 1. The van der Waals surface area contributed by atoms with Crippen LogP contribution in [0.25, 0.3) is 0 Å². The molecule has 0 spiro atoms. The number of amides is 1. The normalized spacial score (nSPS) is 23.4. The van der Waals surface area contributed by atoms with Gasteiger partial charge in [-0.1, -0.05) is 38.1 Å². The average Bonchev–Trinajstić information content (AvgIpc) is 3.17. The molecule has 2 heterocycles. The van der Waals surface area contributed by atoms with Gasteiger partial charge in [0.25, 0.3) is 0 Å². The van der Waals surface area contributed by atoms with Gasteiger partial charge in [0, 0.05) is 38.8 Å². The molecule has 0 aliphatic carbocycles. The molecule has 2 aliphatic heterocycles. The topological polar surface area (TPSA) is 35.6 Å². The smallest absolute Gasteiger partial charge is 0.244 e. The Labute approximate surface area is 146 Å². The van der Waals surface area contributed by atoms with Crippen LogP contribution in [0.2, 0.25) is 0 Å². The highest BCUT2D eigenvalue weighted by Gasteiger charge is 2.34. The molecule has 4 heteroatoms. The SMILES string of the molecule is CCc1ccc(C(C(=O)N2CCCC2)N2CCNC(CC)C2)cc1. The van der Waals surface area contributed by atoms with E-state index < -0.39 is 0 Å². The van der Waals surface area contributed by atoms with Crippen LogP contribution in [0.5, 0.6) is 0 Å². The van der Waals surface area contributed by atoms with Crippen molar-refractivity contribution in [3.8, 4) is 0 Å². The number of aryl methyl sites for hydroxylation is 1. The summed E-state index contributed by atoms with van der Waals surface area (Å²) in [6.45, 7) is 9.09. The first-order chi connectivity index (χ1) is 11.7. The Morgan fingerprint density at radius 3 is 2.50 bits per heavy atom. The van der Waals surface area contributed by atoms with Crippen LogP contribution in [-0.2, 0) is 11.2 Å². The van der Waals surface area contributed by atoms with E-state index in [1.165, 1.54) is 5.56 Å². The highest BCUT2D eigenvalue weighted by Crippen LogP contribution is 2.27. The highest BCUT2D eigenvalue weighted by molar-refractivity contribution is 5.83. The summed E-state index contributed by atoms with van der Waals surface area (Å²) in [5.41, 5.74) is 2.48. The number of rotatable bonds is 5. The predicted octanol–water partition coefficient (Wildman–Crippen LogP) is 2.60. The number of benzene rings is 1. The van der Waals surface area contributed by atoms with Crippen molar-refractivity contribution in [1.29, 1.82) is 0 Å². The molecule has 0 aromatic heterocycles. The van der Waals surface area contributed by atoms with Gasteiger partial charge in [0.1, 0.15) is 6.04 Å². The van der Waals surface area contributed by atoms with Gasteiger partial charge >= 0.3 is 0 Å². The van der Waals surface area contributed by atoms with Crippen molar-refractivity contribution in [2.24, 2.45) is 0 Å². The van der Waals surface area contributed by atoms with Crippen molar-refractivity contribution in [2.75, 3.05) is 32.7 Å². The maximum Gasteiger partial charge on any atom is 0.244 e. The molecule has 2 saturated heterocycles. The lowest BCUT2D eigenvalue weighted by molar-refractivity contribution is -0.136. The summed E-state index contributed by atoms with van der Waals surface area (Å²) >= 11 is 0. The van der Waals surface area contributed by atoms with Gasteiger partial charge in [-0.15, -0.1) is 0 Å². The summed E-state index contributed by atoms with van der Waals surface area (Å²) < 4.78 is 0. The van der Waals surface area contributed by atoms with E-state index in [0.29, 0.717) is 11.9 Å². The van der Waals surface area contributed by atoms with Crippen molar-refractivity contribution < 1.29 is 4.79 Å². The van der Waals surface area contributed by atoms with Crippen molar-refractivity contribution in [1.82, 2.24) is 15.1 Å². The quantitative estimate of drug-likeness (QED) is 0.902. The van der Waals surface area contributed by atoms with Gasteiger partial charge in [0.05, 0.1) is 0 Å².